The summed E-state index contributed by atoms with van der Waals surface area (Å²) in [5.41, 5.74) is 2.52. The summed E-state index contributed by atoms with van der Waals surface area (Å²) in [5, 5.41) is 6.95. The highest BCUT2D eigenvalue weighted by molar-refractivity contribution is 5.80. The first kappa shape index (κ1) is 19.6. The molecule has 28 heavy (non-hydrogen) atoms. The number of anilines is 1. The second-order valence-corrected chi connectivity index (χ2v) is 6.80. The van der Waals surface area contributed by atoms with Gasteiger partial charge in [-0.2, -0.15) is 0 Å². The highest BCUT2D eigenvalue weighted by Gasteiger charge is 2.23. The van der Waals surface area contributed by atoms with Gasteiger partial charge >= 0.3 is 0 Å². The van der Waals surface area contributed by atoms with Crippen molar-refractivity contribution in [3.05, 3.63) is 60.2 Å². The second-order valence-electron chi connectivity index (χ2n) is 6.80. The average molecular weight is 377 g/mol. The SMILES string of the molecule is C#CCOc1ccc(CCNC(=NC)NC2CCN(c3ccccc3)C2)cc1. The van der Waals surface area contributed by atoms with Gasteiger partial charge in [0, 0.05) is 38.4 Å². The third-order valence-electron chi connectivity index (χ3n) is 4.83. The summed E-state index contributed by atoms with van der Waals surface area (Å²) in [5.74, 6) is 4.13. The van der Waals surface area contributed by atoms with Gasteiger partial charge in [0.05, 0.1) is 0 Å². The molecule has 5 heteroatoms. The highest BCUT2D eigenvalue weighted by atomic mass is 16.5. The lowest BCUT2D eigenvalue weighted by atomic mass is 10.1. The third kappa shape index (κ3) is 5.68. The Morgan fingerprint density at radius 1 is 1.21 bits per heavy atom. The molecule has 1 atom stereocenters. The Bertz CT molecular complexity index is 796. The maximum atomic E-state index is 5.40. The van der Waals surface area contributed by atoms with Crippen LogP contribution in [0.3, 0.4) is 0 Å². The van der Waals surface area contributed by atoms with Crippen molar-refractivity contribution in [1.82, 2.24) is 10.6 Å². The van der Waals surface area contributed by atoms with Crippen LogP contribution in [0, 0.1) is 12.3 Å². The van der Waals surface area contributed by atoms with Gasteiger partial charge in [0.25, 0.3) is 0 Å². The fraction of sp³-hybridized carbons (Fsp3) is 0.348. The Hall–Kier alpha value is -3.13. The molecule has 0 saturated carbocycles. The van der Waals surface area contributed by atoms with E-state index in [1.807, 2.05) is 19.2 Å². The first-order valence-corrected chi connectivity index (χ1v) is 9.71. The van der Waals surface area contributed by atoms with Crippen molar-refractivity contribution in [2.24, 2.45) is 4.99 Å². The van der Waals surface area contributed by atoms with Crippen molar-refractivity contribution in [3.8, 4) is 18.1 Å². The molecule has 0 spiro atoms. The average Bonchev–Trinajstić information content (AvgIpc) is 3.21. The number of ether oxygens (including phenoxy) is 1. The largest absolute Gasteiger partial charge is 0.481 e. The molecule has 2 aromatic rings. The summed E-state index contributed by atoms with van der Waals surface area (Å²) < 4.78 is 5.40. The van der Waals surface area contributed by atoms with Gasteiger partial charge < -0.3 is 20.3 Å². The molecule has 0 radical (unpaired) electrons. The van der Waals surface area contributed by atoms with Crippen LogP contribution in [-0.4, -0.2) is 45.3 Å². The van der Waals surface area contributed by atoms with E-state index in [1.54, 1.807) is 0 Å². The van der Waals surface area contributed by atoms with Crippen LogP contribution < -0.4 is 20.3 Å². The van der Waals surface area contributed by atoms with E-state index in [9.17, 15) is 0 Å². The number of terminal acetylenes is 1. The molecule has 1 aliphatic heterocycles. The van der Waals surface area contributed by atoms with E-state index in [-0.39, 0.29) is 0 Å². The van der Waals surface area contributed by atoms with Gasteiger partial charge in [0.15, 0.2) is 5.96 Å². The van der Waals surface area contributed by atoms with Crippen LogP contribution in [-0.2, 0) is 6.42 Å². The number of para-hydroxylation sites is 1. The fourth-order valence-electron chi connectivity index (χ4n) is 3.34. The van der Waals surface area contributed by atoms with Crippen molar-refractivity contribution in [1.29, 1.82) is 0 Å². The molecule has 1 saturated heterocycles. The molecule has 1 fully saturated rings. The Labute approximate surface area is 167 Å². The number of benzene rings is 2. The van der Waals surface area contributed by atoms with Gasteiger partial charge in [-0.25, -0.2) is 0 Å². The zero-order valence-corrected chi connectivity index (χ0v) is 16.4. The lowest BCUT2D eigenvalue weighted by Crippen LogP contribution is -2.45. The minimum atomic E-state index is 0.297. The molecule has 1 heterocycles. The molecule has 1 unspecified atom stereocenters. The summed E-state index contributed by atoms with van der Waals surface area (Å²) in [7, 11) is 1.82. The van der Waals surface area contributed by atoms with Crippen molar-refractivity contribution in [2.75, 3.05) is 38.2 Å². The van der Waals surface area contributed by atoms with Crippen LogP contribution in [0.25, 0.3) is 0 Å². The molecule has 0 bridgehead atoms. The predicted octanol–water partition coefficient (Wildman–Crippen LogP) is 2.69. The Kier molecular flexibility index (Phi) is 7.20. The highest BCUT2D eigenvalue weighted by Crippen LogP contribution is 2.19. The standard InChI is InChI=1S/C23H28N4O/c1-3-17-28-22-11-9-19(10-12-22)13-15-25-23(24-2)26-20-14-16-27(18-20)21-7-5-4-6-8-21/h1,4-12,20H,13-18H2,2H3,(H2,24,25,26). The van der Waals surface area contributed by atoms with E-state index in [1.165, 1.54) is 11.3 Å². The zero-order valence-electron chi connectivity index (χ0n) is 16.4. The molecule has 0 aromatic heterocycles. The van der Waals surface area contributed by atoms with Crippen LogP contribution in [0.2, 0.25) is 0 Å². The number of aliphatic imine (C=N–C) groups is 1. The lowest BCUT2D eigenvalue weighted by molar-refractivity contribution is 0.370. The molecule has 0 aliphatic carbocycles. The second kappa shape index (κ2) is 10.3. The summed E-state index contributed by atoms with van der Waals surface area (Å²) >= 11 is 0. The van der Waals surface area contributed by atoms with E-state index in [2.05, 4.69) is 68.9 Å². The number of hydrogen-bond acceptors (Lipinski definition) is 3. The summed E-state index contributed by atoms with van der Waals surface area (Å²) in [6, 6.07) is 19.0. The van der Waals surface area contributed by atoms with Gasteiger partial charge in [-0.3, -0.25) is 4.99 Å². The predicted molar refractivity (Wildman–Crippen MR) is 116 cm³/mol. The molecule has 1 aliphatic rings. The number of nitrogens with zero attached hydrogens (tertiary/aromatic N) is 2. The quantitative estimate of drug-likeness (QED) is 0.443. The van der Waals surface area contributed by atoms with E-state index in [4.69, 9.17) is 11.2 Å². The molecule has 2 aromatic carbocycles. The van der Waals surface area contributed by atoms with Crippen LogP contribution in [0.15, 0.2) is 59.6 Å². The molecular weight excluding hydrogens is 348 g/mol. The maximum Gasteiger partial charge on any atom is 0.191 e. The van der Waals surface area contributed by atoms with Crippen molar-refractivity contribution >= 4 is 11.6 Å². The Morgan fingerprint density at radius 3 is 2.71 bits per heavy atom. The number of rotatable bonds is 7. The Balaban J connectivity index is 1.41. The maximum absolute atomic E-state index is 5.40. The van der Waals surface area contributed by atoms with Gasteiger partial charge in [-0.1, -0.05) is 36.3 Å². The van der Waals surface area contributed by atoms with Crippen LogP contribution >= 0.6 is 0 Å². The molecule has 3 rings (SSSR count). The molecular formula is C23H28N4O. The van der Waals surface area contributed by atoms with Gasteiger partial charge in [-0.05, 0) is 42.7 Å². The number of hydrogen-bond donors (Lipinski definition) is 2. The first-order valence-electron chi connectivity index (χ1n) is 9.71. The number of guanidine groups is 1. The van der Waals surface area contributed by atoms with Gasteiger partial charge in [0.1, 0.15) is 12.4 Å². The molecule has 0 amide bonds. The summed E-state index contributed by atoms with van der Waals surface area (Å²) in [6.45, 7) is 3.17. The van der Waals surface area contributed by atoms with Crippen LogP contribution in [0.1, 0.15) is 12.0 Å². The van der Waals surface area contributed by atoms with Crippen molar-refractivity contribution in [2.45, 2.75) is 18.9 Å². The van der Waals surface area contributed by atoms with E-state index < -0.39 is 0 Å². The Morgan fingerprint density at radius 2 is 2.00 bits per heavy atom. The zero-order chi connectivity index (χ0) is 19.6. The normalized spacial score (nSPS) is 16.5. The minimum absolute atomic E-state index is 0.297. The summed E-state index contributed by atoms with van der Waals surface area (Å²) in [6.07, 6.45) is 7.23. The summed E-state index contributed by atoms with van der Waals surface area (Å²) in [4.78, 5) is 6.78. The van der Waals surface area contributed by atoms with E-state index in [0.29, 0.717) is 12.6 Å². The third-order valence-corrected chi connectivity index (χ3v) is 4.83. The lowest BCUT2D eigenvalue weighted by Gasteiger charge is -2.20. The molecule has 146 valence electrons. The van der Waals surface area contributed by atoms with Crippen LogP contribution in [0.5, 0.6) is 5.75 Å². The van der Waals surface area contributed by atoms with Gasteiger partial charge in [-0.15, -0.1) is 6.42 Å². The smallest absolute Gasteiger partial charge is 0.191 e. The van der Waals surface area contributed by atoms with Crippen molar-refractivity contribution < 1.29 is 4.74 Å². The number of nitrogens with one attached hydrogen (secondary N) is 2. The van der Waals surface area contributed by atoms with E-state index >= 15 is 0 Å². The van der Waals surface area contributed by atoms with Gasteiger partial charge in [0.2, 0.25) is 0 Å². The van der Waals surface area contributed by atoms with Crippen LogP contribution in [0.4, 0.5) is 5.69 Å². The van der Waals surface area contributed by atoms with E-state index in [0.717, 1.165) is 44.2 Å². The monoisotopic (exact) mass is 376 g/mol. The molecule has 2 N–H and O–H groups in total. The molecule has 5 nitrogen and oxygen atoms in total. The van der Waals surface area contributed by atoms with Crippen molar-refractivity contribution in [3.63, 3.8) is 0 Å². The minimum Gasteiger partial charge on any atom is -0.481 e. The fourth-order valence-corrected chi connectivity index (χ4v) is 3.34. The topological polar surface area (TPSA) is 48.9 Å². The first-order chi connectivity index (χ1) is 13.8.